The van der Waals surface area contributed by atoms with Crippen molar-refractivity contribution in [1.82, 2.24) is 15.0 Å². The Labute approximate surface area is 247 Å². The maximum Gasteiger partial charge on any atom is 0.163 e. The zero-order valence-electron chi connectivity index (χ0n) is 23.9. The minimum absolute atomic E-state index is 0.0325. The van der Waals surface area contributed by atoms with Gasteiger partial charge in [-0.25, -0.2) is 15.0 Å². The molecule has 2 aliphatic carbocycles. The number of hydrogen-bond acceptors (Lipinski definition) is 3. The lowest BCUT2D eigenvalue weighted by atomic mass is 9.76. The van der Waals surface area contributed by atoms with Crippen LogP contribution < -0.4 is 0 Å². The molecular formula is C39H31N3. The van der Waals surface area contributed by atoms with Crippen LogP contribution in [0.4, 0.5) is 0 Å². The molecular weight excluding hydrogens is 510 g/mol. The van der Waals surface area contributed by atoms with Gasteiger partial charge in [0.15, 0.2) is 11.6 Å². The predicted molar refractivity (Wildman–Crippen MR) is 170 cm³/mol. The van der Waals surface area contributed by atoms with Gasteiger partial charge in [0.1, 0.15) is 5.82 Å². The Bertz CT molecular complexity index is 1900. The zero-order chi connectivity index (χ0) is 28.3. The molecule has 1 atom stereocenters. The van der Waals surface area contributed by atoms with E-state index < -0.39 is 0 Å². The van der Waals surface area contributed by atoms with Crippen molar-refractivity contribution < 1.29 is 0 Å². The topological polar surface area (TPSA) is 38.7 Å². The van der Waals surface area contributed by atoms with Crippen molar-refractivity contribution in [2.45, 2.75) is 38.0 Å². The van der Waals surface area contributed by atoms with Crippen molar-refractivity contribution in [3.63, 3.8) is 0 Å². The Hall–Kier alpha value is -4.89. The van der Waals surface area contributed by atoms with Crippen LogP contribution >= 0.6 is 0 Å². The molecule has 5 aromatic carbocycles. The fourth-order valence-electron chi connectivity index (χ4n) is 7.16. The third-order valence-corrected chi connectivity index (χ3v) is 9.15. The molecule has 42 heavy (non-hydrogen) atoms. The standard InChI is InChI=1S/C39H31N3/c1-39(2)33-20-12-11-19-29(33)31-24-23-30-32(22-21-25-13-9-10-18-28(25)34(30)35(31)39)38-41-36(26-14-5-3-6-15-26)40-37(42-38)27-16-7-4-8-17-27/h3-20,23-24,32H,21-22H2,1-2H3. The molecule has 0 saturated heterocycles. The van der Waals surface area contributed by atoms with Crippen molar-refractivity contribution in [3.05, 3.63) is 149 Å². The van der Waals surface area contributed by atoms with E-state index in [1.807, 2.05) is 36.4 Å². The van der Waals surface area contributed by atoms with Gasteiger partial charge < -0.3 is 0 Å². The second-order valence-corrected chi connectivity index (χ2v) is 11.9. The van der Waals surface area contributed by atoms with E-state index in [0.717, 1.165) is 41.4 Å². The molecule has 202 valence electrons. The minimum Gasteiger partial charge on any atom is -0.212 e. The Balaban J connectivity index is 1.39. The summed E-state index contributed by atoms with van der Waals surface area (Å²) in [4.78, 5) is 15.4. The molecule has 0 N–H and O–H groups in total. The first-order valence-corrected chi connectivity index (χ1v) is 14.8. The molecule has 0 saturated carbocycles. The first-order valence-electron chi connectivity index (χ1n) is 14.8. The van der Waals surface area contributed by atoms with E-state index in [-0.39, 0.29) is 11.3 Å². The zero-order valence-corrected chi connectivity index (χ0v) is 23.9. The van der Waals surface area contributed by atoms with Gasteiger partial charge in [0.05, 0.1) is 0 Å². The lowest BCUT2D eigenvalue weighted by molar-refractivity contribution is 0.654. The van der Waals surface area contributed by atoms with Crippen molar-refractivity contribution in [1.29, 1.82) is 0 Å². The molecule has 0 spiro atoms. The summed E-state index contributed by atoms with van der Waals surface area (Å²) in [6, 6.07) is 43.1. The van der Waals surface area contributed by atoms with Crippen LogP contribution in [0.15, 0.2) is 121 Å². The van der Waals surface area contributed by atoms with Crippen LogP contribution in [0.25, 0.3) is 45.0 Å². The third kappa shape index (κ3) is 3.84. The van der Waals surface area contributed by atoms with Crippen LogP contribution in [0.1, 0.15) is 54.3 Å². The Morgan fingerprint density at radius 1 is 0.571 bits per heavy atom. The van der Waals surface area contributed by atoms with E-state index in [1.54, 1.807) is 0 Å². The van der Waals surface area contributed by atoms with Gasteiger partial charge in [0.25, 0.3) is 0 Å². The van der Waals surface area contributed by atoms with Crippen molar-refractivity contribution >= 4 is 0 Å². The number of nitrogens with zero attached hydrogens (tertiary/aromatic N) is 3. The summed E-state index contributed by atoms with van der Waals surface area (Å²) in [7, 11) is 0. The van der Waals surface area contributed by atoms with Gasteiger partial charge in [0.2, 0.25) is 0 Å². The summed E-state index contributed by atoms with van der Waals surface area (Å²) in [5, 5.41) is 0. The Morgan fingerprint density at radius 2 is 1.17 bits per heavy atom. The monoisotopic (exact) mass is 541 g/mol. The van der Waals surface area contributed by atoms with Crippen LogP contribution in [0.5, 0.6) is 0 Å². The quantitative estimate of drug-likeness (QED) is 0.224. The molecule has 1 unspecified atom stereocenters. The molecule has 3 heteroatoms. The second kappa shape index (κ2) is 9.60. The molecule has 3 nitrogen and oxygen atoms in total. The highest BCUT2D eigenvalue weighted by Crippen LogP contribution is 2.55. The molecule has 0 fully saturated rings. The first-order chi connectivity index (χ1) is 20.6. The summed E-state index contributed by atoms with van der Waals surface area (Å²) >= 11 is 0. The van der Waals surface area contributed by atoms with Crippen LogP contribution in [-0.4, -0.2) is 15.0 Å². The predicted octanol–water partition coefficient (Wildman–Crippen LogP) is 9.26. The summed E-state index contributed by atoms with van der Waals surface area (Å²) in [6.45, 7) is 4.76. The Kier molecular flexibility index (Phi) is 5.68. The average molecular weight is 542 g/mol. The number of aromatic nitrogens is 3. The van der Waals surface area contributed by atoms with Gasteiger partial charge in [-0.2, -0.15) is 0 Å². The molecule has 1 aromatic heterocycles. The van der Waals surface area contributed by atoms with Crippen molar-refractivity contribution in [2.75, 3.05) is 0 Å². The van der Waals surface area contributed by atoms with Gasteiger partial charge in [-0.05, 0) is 57.3 Å². The molecule has 0 amide bonds. The lowest BCUT2D eigenvalue weighted by Crippen LogP contribution is -2.18. The average Bonchev–Trinajstić information content (AvgIpc) is 3.16. The van der Waals surface area contributed by atoms with Gasteiger partial charge in [-0.15, -0.1) is 0 Å². The van der Waals surface area contributed by atoms with Crippen LogP contribution in [0.2, 0.25) is 0 Å². The molecule has 0 radical (unpaired) electrons. The van der Waals surface area contributed by atoms with Gasteiger partial charge in [0, 0.05) is 22.5 Å². The SMILES string of the molecule is CC1(C)c2ccccc2-c2ccc3c(c21)-c1ccccc1CCC3c1nc(-c2ccccc2)nc(-c2ccccc2)n1. The molecule has 6 aromatic rings. The fourth-order valence-corrected chi connectivity index (χ4v) is 7.16. The van der Waals surface area contributed by atoms with E-state index in [9.17, 15) is 0 Å². The first kappa shape index (κ1) is 24.9. The number of benzene rings is 5. The molecule has 0 aliphatic heterocycles. The maximum absolute atomic E-state index is 5.20. The smallest absolute Gasteiger partial charge is 0.163 e. The Morgan fingerprint density at radius 3 is 1.86 bits per heavy atom. The van der Waals surface area contributed by atoms with Gasteiger partial charge in [-0.3, -0.25) is 0 Å². The van der Waals surface area contributed by atoms with Crippen LogP contribution in [-0.2, 0) is 11.8 Å². The normalized spacial score (nSPS) is 16.1. The number of rotatable bonds is 3. The molecule has 8 rings (SSSR count). The van der Waals surface area contributed by atoms with E-state index in [4.69, 9.17) is 15.0 Å². The fraction of sp³-hybridized carbons (Fsp3) is 0.154. The third-order valence-electron chi connectivity index (χ3n) is 9.15. The summed E-state index contributed by atoms with van der Waals surface area (Å²) < 4.78 is 0. The maximum atomic E-state index is 5.20. The van der Waals surface area contributed by atoms with Crippen LogP contribution in [0, 0.1) is 0 Å². The second-order valence-electron chi connectivity index (χ2n) is 11.9. The van der Waals surface area contributed by atoms with E-state index in [0.29, 0.717) is 0 Å². The number of fused-ring (bicyclic) bond motifs is 7. The number of hydrogen-bond donors (Lipinski definition) is 0. The minimum atomic E-state index is -0.122. The van der Waals surface area contributed by atoms with Crippen LogP contribution in [0.3, 0.4) is 0 Å². The highest BCUT2D eigenvalue weighted by molar-refractivity contribution is 5.91. The highest BCUT2D eigenvalue weighted by atomic mass is 15.0. The van der Waals surface area contributed by atoms with Gasteiger partial charge >= 0.3 is 0 Å². The van der Waals surface area contributed by atoms with Crippen molar-refractivity contribution in [3.8, 4) is 45.0 Å². The summed E-state index contributed by atoms with van der Waals surface area (Å²) in [6.07, 6.45) is 1.90. The molecule has 1 heterocycles. The summed E-state index contributed by atoms with van der Waals surface area (Å²) in [5.41, 5.74) is 12.8. The molecule has 0 bridgehead atoms. The number of aryl methyl sites for hydroxylation is 1. The molecule has 2 aliphatic rings. The highest BCUT2D eigenvalue weighted by Gasteiger charge is 2.40. The lowest BCUT2D eigenvalue weighted by Gasteiger charge is -2.27. The van der Waals surface area contributed by atoms with Crippen molar-refractivity contribution in [2.24, 2.45) is 0 Å². The summed E-state index contributed by atoms with van der Waals surface area (Å²) in [5.74, 6) is 2.31. The van der Waals surface area contributed by atoms with E-state index >= 15 is 0 Å². The van der Waals surface area contributed by atoms with E-state index in [2.05, 4.69) is 98.8 Å². The van der Waals surface area contributed by atoms with E-state index in [1.165, 1.54) is 44.5 Å². The van der Waals surface area contributed by atoms with Gasteiger partial charge in [-0.1, -0.05) is 135 Å². The largest absolute Gasteiger partial charge is 0.212 e.